The molecule has 2 heterocycles. The molecule has 1 aromatic rings. The number of carbonyl (C=O) groups is 4. The Morgan fingerprint density at radius 1 is 1.05 bits per heavy atom. The van der Waals surface area contributed by atoms with E-state index in [1.165, 1.54) is 0 Å². The topological polar surface area (TPSA) is 175 Å². The molecule has 44 heavy (non-hydrogen) atoms. The van der Waals surface area contributed by atoms with Crippen LogP contribution in [0.25, 0.3) is 0 Å². The van der Waals surface area contributed by atoms with E-state index in [1.54, 1.807) is 18.9 Å². The van der Waals surface area contributed by atoms with E-state index in [0.29, 0.717) is 38.3 Å². The average molecular weight is 619 g/mol. The highest BCUT2D eigenvalue weighted by atomic mass is 16.5. The second kappa shape index (κ2) is 18.6. The number of ether oxygens (including phenoxy) is 1. The molecule has 0 aromatic heterocycles. The van der Waals surface area contributed by atoms with Crippen molar-refractivity contribution in [1.82, 2.24) is 26.4 Å². The Labute approximate surface area is 262 Å². The number of hydrogen-bond acceptors (Lipinski definition) is 8. The predicted molar refractivity (Wildman–Crippen MR) is 169 cm³/mol. The molecule has 0 radical (unpaired) electrons. The molecule has 7 N–H and O–H groups in total. The first-order chi connectivity index (χ1) is 20.8. The zero-order valence-corrected chi connectivity index (χ0v) is 27.2. The van der Waals surface area contributed by atoms with Gasteiger partial charge in [-0.2, -0.15) is 0 Å². The van der Waals surface area contributed by atoms with E-state index in [9.17, 15) is 24.3 Å². The van der Waals surface area contributed by atoms with Gasteiger partial charge in [0.25, 0.3) is 0 Å². The van der Waals surface area contributed by atoms with Crippen molar-refractivity contribution in [1.29, 1.82) is 0 Å². The molecule has 2 bridgehead atoms. The second-order valence-electron chi connectivity index (χ2n) is 12.8. The molecule has 248 valence electrons. The summed E-state index contributed by atoms with van der Waals surface area (Å²) in [5.74, 6) is -0.509. The third-order valence-electron chi connectivity index (χ3n) is 7.65. The van der Waals surface area contributed by atoms with Gasteiger partial charge in [-0.25, -0.2) is 9.80 Å². The van der Waals surface area contributed by atoms with Crippen molar-refractivity contribution in [3.63, 3.8) is 0 Å². The molecule has 4 atom stereocenters. The molecular formula is C32H54N6O6. The fraction of sp³-hybridized carbons (Fsp3) is 0.688. The minimum Gasteiger partial charge on any atom is -0.494 e. The largest absolute Gasteiger partial charge is 0.494 e. The van der Waals surface area contributed by atoms with Crippen LogP contribution >= 0.6 is 0 Å². The molecule has 0 spiro atoms. The minimum absolute atomic E-state index is 0.0323. The lowest BCUT2D eigenvalue weighted by Crippen LogP contribution is -2.59. The summed E-state index contributed by atoms with van der Waals surface area (Å²) in [6, 6.07) is 4.37. The molecule has 2 aliphatic heterocycles. The number of aliphatic hydroxyl groups excluding tert-OH is 1. The van der Waals surface area contributed by atoms with E-state index < -0.39 is 42.1 Å². The number of nitrogens with one attached hydrogen (secondary N) is 4. The maximum atomic E-state index is 13.5. The molecule has 0 saturated heterocycles. The van der Waals surface area contributed by atoms with Gasteiger partial charge in [-0.05, 0) is 67.6 Å². The van der Waals surface area contributed by atoms with E-state index >= 15 is 0 Å². The number of rotatable bonds is 10. The van der Waals surface area contributed by atoms with Crippen LogP contribution in [0.1, 0.15) is 79.2 Å². The molecule has 12 heteroatoms. The molecular weight excluding hydrogens is 564 g/mol. The van der Waals surface area contributed by atoms with Gasteiger partial charge in [-0.1, -0.05) is 53.7 Å². The van der Waals surface area contributed by atoms with E-state index in [1.807, 2.05) is 52.0 Å². The summed E-state index contributed by atoms with van der Waals surface area (Å²) in [5, 5.41) is 21.2. The number of nitrogens with zero attached hydrogens (tertiary/aromatic N) is 1. The summed E-state index contributed by atoms with van der Waals surface area (Å²) in [6.07, 6.45) is 2.50. The third-order valence-corrected chi connectivity index (χ3v) is 7.65. The zero-order valence-electron chi connectivity index (χ0n) is 27.2. The fourth-order valence-electron chi connectivity index (χ4n) is 4.70. The van der Waals surface area contributed by atoms with Crippen molar-refractivity contribution >= 4 is 23.8 Å². The number of imide groups is 1. The normalized spacial score (nSPS) is 20.1. The van der Waals surface area contributed by atoms with Gasteiger partial charge in [0.1, 0.15) is 11.8 Å². The van der Waals surface area contributed by atoms with Crippen molar-refractivity contribution < 1.29 is 29.0 Å². The van der Waals surface area contributed by atoms with Crippen LogP contribution in [-0.4, -0.2) is 77.8 Å². The Kier molecular flexibility index (Phi) is 15.6. The average Bonchev–Trinajstić information content (AvgIpc) is 2.95. The summed E-state index contributed by atoms with van der Waals surface area (Å²) in [5.41, 5.74) is 9.41. The number of carbonyl (C=O) groups excluding carboxylic acids is 4. The van der Waals surface area contributed by atoms with Crippen LogP contribution < -0.4 is 31.8 Å². The van der Waals surface area contributed by atoms with Crippen molar-refractivity contribution in [3.05, 3.63) is 29.8 Å². The Balaban J connectivity index is 2.29. The summed E-state index contributed by atoms with van der Waals surface area (Å²) in [4.78, 5) is 51.3. The van der Waals surface area contributed by atoms with E-state index in [4.69, 9.17) is 10.5 Å². The first kappa shape index (κ1) is 37.0. The predicted octanol–water partition coefficient (Wildman–Crippen LogP) is 2.24. The second-order valence-corrected chi connectivity index (χ2v) is 12.8. The third kappa shape index (κ3) is 13.2. The highest BCUT2D eigenvalue weighted by Crippen LogP contribution is 2.17. The number of nitrogens with two attached hydrogens (primary N) is 1. The first-order valence-corrected chi connectivity index (χ1v) is 15.9. The molecule has 0 fully saturated rings. The summed E-state index contributed by atoms with van der Waals surface area (Å²) >= 11 is 0. The van der Waals surface area contributed by atoms with Crippen LogP contribution in [-0.2, 0) is 20.8 Å². The Hall–Kier alpha value is -3.22. The van der Waals surface area contributed by atoms with Crippen molar-refractivity contribution in [2.45, 2.75) is 104 Å². The molecule has 2 aliphatic rings. The molecule has 12 nitrogen and oxygen atoms in total. The fourth-order valence-corrected chi connectivity index (χ4v) is 4.70. The van der Waals surface area contributed by atoms with Gasteiger partial charge in [0, 0.05) is 19.5 Å². The molecule has 0 saturated carbocycles. The minimum atomic E-state index is -1.12. The number of amides is 5. The number of benzene rings is 1. The van der Waals surface area contributed by atoms with Crippen LogP contribution in [0, 0.1) is 17.8 Å². The Morgan fingerprint density at radius 2 is 1.73 bits per heavy atom. The van der Waals surface area contributed by atoms with Gasteiger partial charge in [0.2, 0.25) is 17.7 Å². The highest BCUT2D eigenvalue weighted by Gasteiger charge is 2.30. The van der Waals surface area contributed by atoms with Crippen molar-refractivity contribution in [2.24, 2.45) is 23.5 Å². The number of fused-ring (bicyclic) bond motifs is 14. The SMILES string of the molecule is CC(C)CCN(C[C@@H](O)[C@@H]1Cc2ccc(cc2)OCCCCCC(=O)N[C@@H](C(C)C)C(=O)N1)NC(=O)NC(=O)[C@@H](N)C(C)C. The van der Waals surface area contributed by atoms with Gasteiger partial charge in [0.05, 0.1) is 24.8 Å². The number of urea groups is 1. The lowest BCUT2D eigenvalue weighted by molar-refractivity contribution is -0.131. The molecule has 1 aromatic carbocycles. The van der Waals surface area contributed by atoms with Gasteiger partial charge < -0.3 is 26.2 Å². The summed E-state index contributed by atoms with van der Waals surface area (Å²) in [6.45, 7) is 12.3. The van der Waals surface area contributed by atoms with Crippen LogP contribution in [0.15, 0.2) is 24.3 Å². The Morgan fingerprint density at radius 3 is 2.34 bits per heavy atom. The quantitative estimate of drug-likeness (QED) is 0.217. The van der Waals surface area contributed by atoms with E-state index in [-0.39, 0.29) is 30.7 Å². The maximum absolute atomic E-state index is 13.5. The lowest BCUT2D eigenvalue weighted by Gasteiger charge is -2.32. The van der Waals surface area contributed by atoms with Crippen molar-refractivity contribution in [2.75, 3.05) is 19.7 Å². The molecule has 0 unspecified atom stereocenters. The van der Waals surface area contributed by atoms with Gasteiger partial charge in [-0.3, -0.25) is 25.1 Å². The van der Waals surface area contributed by atoms with Crippen LogP contribution in [0.3, 0.4) is 0 Å². The standard InChI is InChI=1S/C32H54N6O6/c1-20(2)15-16-38(37-32(43)36-30(41)28(33)21(3)4)19-26(39)25-18-23-11-13-24(14-12-23)44-17-9-7-8-10-27(40)35-29(22(5)6)31(42)34-25/h11-14,20-22,25-26,28-29,39H,7-10,15-19,33H2,1-6H3,(H,34,42)(H,35,40)(H2,36,37,41,43)/t25-,26+,28-,29-/m0/s1. The monoisotopic (exact) mass is 618 g/mol. The van der Waals surface area contributed by atoms with Crippen LogP contribution in [0.4, 0.5) is 4.79 Å². The highest BCUT2D eigenvalue weighted by molar-refractivity contribution is 5.96. The van der Waals surface area contributed by atoms with E-state index in [0.717, 1.165) is 24.2 Å². The van der Waals surface area contributed by atoms with Gasteiger partial charge in [-0.15, -0.1) is 0 Å². The maximum Gasteiger partial charge on any atom is 0.335 e. The number of hydrogen-bond donors (Lipinski definition) is 6. The Bertz CT molecular complexity index is 1060. The zero-order chi connectivity index (χ0) is 32.8. The number of hydrazine groups is 1. The van der Waals surface area contributed by atoms with Gasteiger partial charge in [0.15, 0.2) is 0 Å². The molecule has 5 amide bonds. The molecule has 3 rings (SSSR count). The van der Waals surface area contributed by atoms with Crippen molar-refractivity contribution in [3.8, 4) is 5.75 Å². The number of aliphatic hydroxyl groups is 1. The van der Waals surface area contributed by atoms with Crippen LogP contribution in [0.5, 0.6) is 5.75 Å². The van der Waals surface area contributed by atoms with Crippen LogP contribution in [0.2, 0.25) is 0 Å². The smallest absolute Gasteiger partial charge is 0.335 e. The van der Waals surface area contributed by atoms with E-state index in [2.05, 4.69) is 21.4 Å². The lowest BCUT2D eigenvalue weighted by atomic mass is 9.98. The molecule has 0 aliphatic carbocycles. The first-order valence-electron chi connectivity index (χ1n) is 15.9. The summed E-state index contributed by atoms with van der Waals surface area (Å²) < 4.78 is 5.84. The van der Waals surface area contributed by atoms with Gasteiger partial charge >= 0.3 is 6.03 Å². The summed E-state index contributed by atoms with van der Waals surface area (Å²) in [7, 11) is 0.